The molecule has 0 bridgehead atoms. The van der Waals surface area contributed by atoms with Crippen molar-refractivity contribution in [2.24, 2.45) is 5.92 Å². The van der Waals surface area contributed by atoms with Gasteiger partial charge < -0.3 is 0 Å². The molecule has 1 aromatic carbocycles. The van der Waals surface area contributed by atoms with E-state index in [1.807, 2.05) is 13.0 Å². The first-order chi connectivity index (χ1) is 9.50. The molecule has 1 aromatic rings. The summed E-state index contributed by atoms with van der Waals surface area (Å²) in [6, 6.07) is 10.4. The molecule has 0 N–H and O–H groups in total. The van der Waals surface area contributed by atoms with Crippen molar-refractivity contribution < 1.29 is 0 Å². The van der Waals surface area contributed by atoms with Crippen molar-refractivity contribution in [3.63, 3.8) is 0 Å². The molecule has 106 valence electrons. The maximum Gasteiger partial charge on any atom is 0.00812 e. The van der Waals surface area contributed by atoms with Crippen molar-refractivity contribution in [3.8, 4) is 0 Å². The van der Waals surface area contributed by atoms with Gasteiger partial charge in [0.25, 0.3) is 0 Å². The van der Waals surface area contributed by atoms with Gasteiger partial charge in [0.1, 0.15) is 0 Å². The zero-order valence-electron chi connectivity index (χ0n) is 12.6. The summed E-state index contributed by atoms with van der Waals surface area (Å²) in [5.74, 6) is 0.307. The lowest BCUT2D eigenvalue weighted by molar-refractivity contribution is 0.838. The Hall–Kier alpha value is -1.47. The molecule has 0 spiro atoms. The summed E-state index contributed by atoms with van der Waals surface area (Å²) in [5, 5.41) is 0. The molecule has 1 heteroatoms. The Kier molecular flexibility index (Phi) is 7.17. The van der Waals surface area contributed by atoms with Crippen molar-refractivity contribution in [1.82, 2.24) is 0 Å². The Bertz CT molecular complexity index is 494. The summed E-state index contributed by atoms with van der Waals surface area (Å²) < 4.78 is 0. The van der Waals surface area contributed by atoms with Crippen LogP contribution in [0, 0.1) is 5.92 Å². The van der Waals surface area contributed by atoms with Crippen LogP contribution in [0.25, 0.3) is 6.08 Å². The third-order valence-corrected chi connectivity index (χ3v) is 3.83. The minimum absolute atomic E-state index is 0.307. The summed E-state index contributed by atoms with van der Waals surface area (Å²) in [7, 11) is 0. The average molecular weight is 284 g/mol. The highest BCUT2D eigenvalue weighted by Gasteiger charge is 2.09. The first kappa shape index (κ1) is 16.6. The molecule has 20 heavy (non-hydrogen) atoms. The van der Waals surface area contributed by atoms with Crippen LogP contribution in [0.2, 0.25) is 0 Å². The van der Waals surface area contributed by atoms with E-state index >= 15 is 0 Å². The lowest BCUT2D eigenvalue weighted by Crippen LogP contribution is -2.07. The van der Waals surface area contributed by atoms with Crippen LogP contribution in [0.4, 0.5) is 0 Å². The number of rotatable bonds is 8. The summed E-state index contributed by atoms with van der Waals surface area (Å²) >= 11 is 5.21. The number of benzene rings is 1. The summed E-state index contributed by atoms with van der Waals surface area (Å²) in [4.78, 5) is 1.01. The summed E-state index contributed by atoms with van der Waals surface area (Å²) in [5.41, 5.74) is 3.65. The van der Waals surface area contributed by atoms with Crippen molar-refractivity contribution >= 4 is 23.2 Å². The second-order valence-electron chi connectivity index (χ2n) is 5.27. The first-order valence-corrected chi connectivity index (χ1v) is 7.48. The van der Waals surface area contributed by atoms with Gasteiger partial charge in [-0.15, -0.1) is 0 Å². The Morgan fingerprint density at radius 1 is 1.25 bits per heavy atom. The van der Waals surface area contributed by atoms with Crippen LogP contribution in [0.1, 0.15) is 38.7 Å². The second-order valence-corrected chi connectivity index (χ2v) is 5.91. The van der Waals surface area contributed by atoms with E-state index in [4.69, 9.17) is 12.2 Å². The number of thiocarbonyl (C=S) groups is 1. The Balaban J connectivity index is 2.32. The fourth-order valence-electron chi connectivity index (χ4n) is 1.92. The van der Waals surface area contributed by atoms with Crippen molar-refractivity contribution in [2.75, 3.05) is 0 Å². The molecule has 0 aliphatic carbocycles. The standard InChI is InChI=1S/C19H24S/c1-15(14-16(2)17(3)18(4)20)10-8-9-13-19-11-6-5-7-12-19/h5-7,9,11-13,17H,1-2,8,10,14H2,3-4H3/b13-9+. The smallest absolute Gasteiger partial charge is 0.00812 e. The Morgan fingerprint density at radius 2 is 1.90 bits per heavy atom. The molecule has 0 aliphatic heterocycles. The number of hydrogen-bond acceptors (Lipinski definition) is 1. The molecule has 1 rings (SSSR count). The number of allylic oxidation sites excluding steroid dienone is 3. The predicted molar refractivity (Wildman–Crippen MR) is 95.0 cm³/mol. The topological polar surface area (TPSA) is 0 Å². The van der Waals surface area contributed by atoms with E-state index in [-0.39, 0.29) is 0 Å². The molecule has 0 saturated carbocycles. The quantitative estimate of drug-likeness (QED) is 0.416. The largest absolute Gasteiger partial charge is 0.0995 e. The monoisotopic (exact) mass is 284 g/mol. The van der Waals surface area contributed by atoms with Gasteiger partial charge in [-0.05, 0) is 36.6 Å². The predicted octanol–water partition coefficient (Wildman–Crippen LogP) is 6.01. The lowest BCUT2D eigenvalue weighted by atomic mass is 9.92. The third kappa shape index (κ3) is 6.12. The highest BCUT2D eigenvalue weighted by Crippen LogP contribution is 2.21. The zero-order chi connectivity index (χ0) is 15.0. The van der Waals surface area contributed by atoms with E-state index in [1.165, 1.54) is 16.7 Å². The minimum atomic E-state index is 0.307. The van der Waals surface area contributed by atoms with Gasteiger partial charge in [0.05, 0.1) is 0 Å². The van der Waals surface area contributed by atoms with Crippen molar-refractivity contribution in [2.45, 2.75) is 33.1 Å². The van der Waals surface area contributed by atoms with E-state index < -0.39 is 0 Å². The Morgan fingerprint density at radius 3 is 2.50 bits per heavy atom. The molecular formula is C19H24S. The maximum absolute atomic E-state index is 5.21. The maximum atomic E-state index is 5.21. The van der Waals surface area contributed by atoms with E-state index in [1.54, 1.807) is 0 Å². The lowest BCUT2D eigenvalue weighted by Gasteiger charge is -2.14. The van der Waals surface area contributed by atoms with Crippen LogP contribution in [0.3, 0.4) is 0 Å². The highest BCUT2D eigenvalue weighted by molar-refractivity contribution is 7.80. The van der Waals surface area contributed by atoms with Gasteiger partial charge in [0.15, 0.2) is 0 Å². The third-order valence-electron chi connectivity index (χ3n) is 3.47. The van der Waals surface area contributed by atoms with Crippen LogP contribution in [0.5, 0.6) is 0 Å². The summed E-state index contributed by atoms with van der Waals surface area (Å²) in [6.45, 7) is 12.4. The molecule has 1 unspecified atom stereocenters. The van der Waals surface area contributed by atoms with E-state index in [2.05, 4.69) is 56.5 Å². The van der Waals surface area contributed by atoms with Gasteiger partial charge in [0, 0.05) is 5.92 Å². The van der Waals surface area contributed by atoms with Crippen LogP contribution in [0.15, 0.2) is 60.7 Å². The van der Waals surface area contributed by atoms with Gasteiger partial charge in [0.2, 0.25) is 0 Å². The molecule has 1 atom stereocenters. The molecule has 0 radical (unpaired) electrons. The molecule has 0 nitrogen and oxygen atoms in total. The minimum Gasteiger partial charge on any atom is -0.0995 e. The van der Waals surface area contributed by atoms with E-state index in [9.17, 15) is 0 Å². The van der Waals surface area contributed by atoms with Crippen LogP contribution >= 0.6 is 12.2 Å². The molecular weight excluding hydrogens is 260 g/mol. The van der Waals surface area contributed by atoms with Crippen LogP contribution in [-0.2, 0) is 0 Å². The highest BCUT2D eigenvalue weighted by atomic mass is 32.1. The van der Waals surface area contributed by atoms with Gasteiger partial charge in [-0.2, -0.15) is 0 Å². The normalized spacial score (nSPS) is 12.3. The van der Waals surface area contributed by atoms with E-state index in [0.717, 1.165) is 24.1 Å². The van der Waals surface area contributed by atoms with E-state index in [0.29, 0.717) is 5.92 Å². The Labute approximate surface area is 128 Å². The molecule has 0 heterocycles. The average Bonchev–Trinajstić information content (AvgIpc) is 2.43. The van der Waals surface area contributed by atoms with Gasteiger partial charge in [-0.3, -0.25) is 0 Å². The zero-order valence-corrected chi connectivity index (χ0v) is 13.4. The van der Waals surface area contributed by atoms with Crippen LogP contribution in [-0.4, -0.2) is 4.86 Å². The van der Waals surface area contributed by atoms with Gasteiger partial charge in [-0.1, -0.05) is 85.9 Å². The number of hydrogen-bond donors (Lipinski definition) is 0. The van der Waals surface area contributed by atoms with Crippen molar-refractivity contribution in [1.29, 1.82) is 0 Å². The van der Waals surface area contributed by atoms with Crippen molar-refractivity contribution in [3.05, 3.63) is 66.3 Å². The first-order valence-electron chi connectivity index (χ1n) is 7.07. The molecule has 0 fully saturated rings. The molecule has 0 aliphatic rings. The molecule has 0 aromatic heterocycles. The molecule has 0 amide bonds. The fraction of sp³-hybridized carbons (Fsp3) is 0.316. The summed E-state index contributed by atoms with van der Waals surface area (Å²) in [6.07, 6.45) is 7.27. The van der Waals surface area contributed by atoms with Crippen LogP contribution < -0.4 is 0 Å². The second kappa shape index (κ2) is 8.65. The van der Waals surface area contributed by atoms with Gasteiger partial charge in [-0.25, -0.2) is 0 Å². The SMILES string of the molecule is C=C(CC/C=C/c1ccccc1)CC(=C)C(C)C(C)=S. The van der Waals surface area contributed by atoms with Gasteiger partial charge >= 0.3 is 0 Å². The fourth-order valence-corrected chi connectivity index (χ4v) is 2.09. The molecule has 0 saturated heterocycles.